The monoisotopic (exact) mass is 1360 g/mol. The van der Waals surface area contributed by atoms with Crippen LogP contribution >= 0.6 is 0 Å². The van der Waals surface area contributed by atoms with Crippen molar-refractivity contribution in [1.29, 1.82) is 0 Å². The van der Waals surface area contributed by atoms with Gasteiger partial charge in [0.25, 0.3) is 5.91 Å². The van der Waals surface area contributed by atoms with Gasteiger partial charge in [-0.05, 0) is 126 Å². The fourth-order valence-corrected chi connectivity index (χ4v) is 25.9. The summed E-state index contributed by atoms with van der Waals surface area (Å²) in [5.74, 6) is -4.36. The van der Waals surface area contributed by atoms with Gasteiger partial charge >= 0.3 is 238 Å². The number of esters is 4. The summed E-state index contributed by atoms with van der Waals surface area (Å²) in [5, 5.41) is 16.4. The first-order chi connectivity index (χ1) is 42.1. The predicted octanol–water partition coefficient (Wildman–Crippen LogP) is 9.78. The number of urea groups is 1. The summed E-state index contributed by atoms with van der Waals surface area (Å²) in [5.41, 5.74) is -1.47. The minimum atomic E-state index is -2.85. The van der Waals surface area contributed by atoms with Crippen molar-refractivity contribution in [3.8, 4) is 5.75 Å². The normalized spacial score (nSPS) is 13.2. The van der Waals surface area contributed by atoms with Crippen LogP contribution in [0, 0.1) is 0 Å². The average molecular weight is 1360 g/mol. The average Bonchev–Trinajstić information content (AvgIpc) is 0.939. The second-order valence-corrected chi connectivity index (χ2v) is 40.4. The summed E-state index contributed by atoms with van der Waals surface area (Å²) in [6.07, 6.45) is 7.61. The van der Waals surface area contributed by atoms with E-state index in [1.807, 2.05) is 36.4 Å². The van der Waals surface area contributed by atoms with Gasteiger partial charge < -0.3 is 40.2 Å². The standard InChI is InChI=1S/C57H79N6O14.3C4H9.Sn/c1-54(2,3)74-47(66)31-30-42(51(70)76-56(7,8)9)63-53(72)62-41(50(69)75-55(4,5)6)25-19-20-32-58-49(68)43(33-37-21-15-13-16-22-37)60-46(65)36-73-40-28-26-38(27-29-40)34-44(52(71)77-57(10,11)12)61-45(64)35-59-48(67)39-23-17-14-18-24-39;3*1-3-4-2;/h13-17,21-24,26-29,41-44H,19-20,25,30-36H2,1-12H3,(H,58,68)(H,59,67)(H,60,65)(H,61,64)(H2,62,63,72);3*1,3-4H2,2H3;/t41-,42-,43-,44-;;;;/m0..../s1. The molecule has 6 amide bonds. The number of benzene rings is 3. The maximum absolute atomic E-state index is 13.8. The molecule has 21 heteroatoms. The van der Waals surface area contributed by atoms with E-state index >= 15 is 0 Å². The van der Waals surface area contributed by atoms with Gasteiger partial charge in [0.15, 0.2) is 6.61 Å². The van der Waals surface area contributed by atoms with Crippen LogP contribution in [0.5, 0.6) is 5.75 Å². The van der Waals surface area contributed by atoms with Crippen molar-refractivity contribution in [2.24, 2.45) is 0 Å². The molecule has 0 fully saturated rings. The van der Waals surface area contributed by atoms with E-state index in [4.69, 9.17) is 23.7 Å². The van der Waals surface area contributed by atoms with Crippen molar-refractivity contribution in [2.45, 2.75) is 247 Å². The van der Waals surface area contributed by atoms with Gasteiger partial charge in [-0.15, -0.1) is 0 Å². The molecule has 3 rings (SSSR count). The number of hydrogen-bond donors (Lipinski definition) is 6. The maximum atomic E-state index is 13.8. The van der Waals surface area contributed by atoms with Crippen molar-refractivity contribution in [3.63, 3.8) is 0 Å². The van der Waals surface area contributed by atoms with Gasteiger partial charge in [0, 0.05) is 19.4 Å². The minimum absolute atomic E-state index is 0.0477. The van der Waals surface area contributed by atoms with Crippen molar-refractivity contribution < 1.29 is 66.8 Å². The Kier molecular flexibility index (Phi) is 32.4. The number of amides is 6. The van der Waals surface area contributed by atoms with Gasteiger partial charge in [-0.1, -0.05) is 30.3 Å². The molecule has 3 aromatic rings. The topological polar surface area (TPSA) is 272 Å². The number of hydrogen-bond acceptors (Lipinski definition) is 14. The first kappa shape index (κ1) is 77.5. The molecule has 0 aliphatic rings. The summed E-state index contributed by atoms with van der Waals surface area (Å²) < 4.78 is 33.2. The second-order valence-electron chi connectivity index (χ2n) is 27.2. The molecule has 0 saturated heterocycles. The van der Waals surface area contributed by atoms with Crippen molar-refractivity contribution in [2.75, 3.05) is 19.7 Å². The molecule has 0 spiro atoms. The van der Waals surface area contributed by atoms with Crippen LogP contribution < -0.4 is 40.2 Å². The Balaban J connectivity index is 1.66. The Morgan fingerprint density at radius 1 is 0.478 bits per heavy atom. The quantitative estimate of drug-likeness (QED) is 0.0137. The SMILES string of the molecule is CCC[CH2][Sn]([CH2]CCC)([CH2]CCC)[c]1cccc(C(=O)NCC(=O)N[C@@H](Cc2ccc(OCC(=O)N[C@@H](Cc3ccccc3)C(=O)NCCCC[C@H](NC(=O)N[C@@H](CCC(=O)OC(C)(C)C)C(=O)OC(C)(C)C)C(=O)OC(C)(C)C)cc2)C(=O)OC(C)(C)C)c1. The van der Waals surface area contributed by atoms with Crippen LogP contribution in [0.1, 0.15) is 196 Å². The molecule has 0 aromatic heterocycles. The van der Waals surface area contributed by atoms with Crippen molar-refractivity contribution >= 4 is 75.5 Å². The van der Waals surface area contributed by atoms with Gasteiger partial charge in [0.1, 0.15) is 40.7 Å². The number of carbonyl (C=O) groups excluding carboxylic acids is 9. The molecule has 20 nitrogen and oxygen atoms in total. The third kappa shape index (κ3) is 31.3. The molecule has 0 bridgehead atoms. The van der Waals surface area contributed by atoms with E-state index < -0.39 is 119 Å². The van der Waals surface area contributed by atoms with Crippen LogP contribution in [0.15, 0.2) is 78.9 Å². The fraction of sp³-hybridized carbons (Fsp3) is 0.609. The molecule has 500 valence electrons. The van der Waals surface area contributed by atoms with Gasteiger partial charge in [-0.2, -0.15) is 0 Å². The van der Waals surface area contributed by atoms with E-state index in [1.54, 1.807) is 113 Å². The Morgan fingerprint density at radius 3 is 1.49 bits per heavy atom. The summed E-state index contributed by atoms with van der Waals surface area (Å²) >= 11 is -2.85. The molecule has 6 N–H and O–H groups in total. The Hall–Kier alpha value is -6.71. The van der Waals surface area contributed by atoms with E-state index in [1.165, 1.54) is 36.2 Å². The molecule has 0 heterocycles. The number of carbonyl (C=O) groups is 9. The zero-order valence-corrected chi connectivity index (χ0v) is 59.3. The predicted molar refractivity (Wildman–Crippen MR) is 352 cm³/mol. The van der Waals surface area contributed by atoms with E-state index in [0.717, 1.165) is 24.8 Å². The van der Waals surface area contributed by atoms with Crippen LogP contribution in [0.2, 0.25) is 13.3 Å². The number of nitrogens with one attached hydrogen (secondary N) is 6. The summed E-state index contributed by atoms with van der Waals surface area (Å²) in [7, 11) is 0. The number of unbranched alkanes of at least 4 members (excludes halogenated alkanes) is 4. The van der Waals surface area contributed by atoms with Crippen LogP contribution in [-0.2, 0) is 65.4 Å². The van der Waals surface area contributed by atoms with Crippen LogP contribution in [0.3, 0.4) is 0 Å². The number of ether oxygens (including phenoxy) is 5. The van der Waals surface area contributed by atoms with E-state index in [-0.39, 0.29) is 51.1 Å². The molecule has 3 aromatic carbocycles. The Bertz CT molecular complexity index is 2760. The third-order valence-corrected chi connectivity index (χ3v) is 29.7. The molecule has 0 unspecified atom stereocenters. The molecular formula is C69H106N6O14Sn. The zero-order chi connectivity index (χ0) is 67.3. The summed E-state index contributed by atoms with van der Waals surface area (Å²) in [4.78, 5) is 121. The van der Waals surface area contributed by atoms with Gasteiger partial charge in [0.2, 0.25) is 5.91 Å². The van der Waals surface area contributed by atoms with Gasteiger partial charge in [0.05, 0.1) is 0 Å². The summed E-state index contributed by atoms with van der Waals surface area (Å²) in [6, 6.07) is 18.4. The van der Waals surface area contributed by atoms with Crippen LogP contribution in [0.25, 0.3) is 0 Å². The molecule has 0 saturated carbocycles. The first-order valence-electron chi connectivity index (χ1n) is 32.1. The van der Waals surface area contributed by atoms with Gasteiger partial charge in [-0.3, -0.25) is 14.4 Å². The second kappa shape index (κ2) is 37.6. The molecule has 0 aliphatic carbocycles. The van der Waals surface area contributed by atoms with Crippen LogP contribution in [0.4, 0.5) is 4.79 Å². The third-order valence-electron chi connectivity index (χ3n) is 14.1. The summed E-state index contributed by atoms with van der Waals surface area (Å²) in [6.45, 7) is 26.4. The number of rotatable bonds is 36. The fourth-order valence-electron chi connectivity index (χ4n) is 9.88. The van der Waals surface area contributed by atoms with Crippen LogP contribution in [-0.4, -0.2) is 138 Å². The first-order valence-corrected chi connectivity index (χ1v) is 39.6. The molecule has 0 aliphatic heterocycles. The molecule has 90 heavy (non-hydrogen) atoms. The molecule has 0 radical (unpaired) electrons. The van der Waals surface area contributed by atoms with Crippen molar-refractivity contribution in [1.82, 2.24) is 31.9 Å². The Labute approximate surface area is 539 Å². The molecule has 4 atom stereocenters. The van der Waals surface area contributed by atoms with E-state index in [2.05, 4.69) is 64.8 Å². The van der Waals surface area contributed by atoms with E-state index in [9.17, 15) is 43.2 Å². The molecular weight excluding hydrogens is 1260 g/mol. The van der Waals surface area contributed by atoms with Crippen molar-refractivity contribution in [3.05, 3.63) is 95.6 Å². The zero-order valence-electron chi connectivity index (χ0n) is 56.5. The van der Waals surface area contributed by atoms with E-state index in [0.29, 0.717) is 29.7 Å². The van der Waals surface area contributed by atoms with Gasteiger partial charge in [-0.25, -0.2) is 14.4 Å². The Morgan fingerprint density at radius 2 is 0.967 bits per heavy atom.